The van der Waals surface area contributed by atoms with Crippen LogP contribution in [0.4, 0.5) is 5.13 Å². The molecule has 0 bridgehead atoms. The number of fused-ring (bicyclic) bond motifs is 1. The summed E-state index contributed by atoms with van der Waals surface area (Å²) >= 11 is 1.71. The monoisotopic (exact) mass is 341 g/mol. The Labute approximate surface area is 144 Å². The number of anilines is 1. The lowest BCUT2D eigenvalue weighted by molar-refractivity contribution is 0.0740. The van der Waals surface area contributed by atoms with E-state index in [4.69, 9.17) is 4.98 Å². The number of carbonyl (C=O) groups is 1. The van der Waals surface area contributed by atoms with Crippen LogP contribution in [0.3, 0.4) is 0 Å². The fraction of sp³-hybridized carbons (Fsp3) is 0.353. The highest BCUT2D eigenvalue weighted by Gasteiger charge is 2.25. The highest BCUT2D eigenvalue weighted by Crippen LogP contribution is 2.29. The van der Waals surface area contributed by atoms with Crippen molar-refractivity contribution in [3.05, 3.63) is 42.2 Å². The number of hydrogen-bond donors (Lipinski definition) is 0. The number of carbonyl (C=O) groups excluding carboxylic acids is 1. The minimum Gasteiger partial charge on any atom is -0.345 e. The standard InChI is InChI=1S/C17H19N5OS/c1-2-22-8-7-14(19-22)16(23)20-9-11-21(12-10-20)17-18-13-5-3-4-6-15(13)24-17/h3-8H,2,9-12H2,1H3. The molecule has 0 saturated carbocycles. The summed E-state index contributed by atoms with van der Waals surface area (Å²) < 4.78 is 2.99. The van der Waals surface area contributed by atoms with Gasteiger partial charge in [-0.3, -0.25) is 9.48 Å². The van der Waals surface area contributed by atoms with E-state index in [0.717, 1.165) is 30.3 Å². The number of para-hydroxylation sites is 1. The number of nitrogens with zero attached hydrogens (tertiary/aromatic N) is 5. The second kappa shape index (κ2) is 6.24. The number of aromatic nitrogens is 3. The molecule has 4 rings (SSSR count). The summed E-state index contributed by atoms with van der Waals surface area (Å²) in [6, 6.07) is 9.99. The van der Waals surface area contributed by atoms with E-state index in [2.05, 4.69) is 16.1 Å². The van der Waals surface area contributed by atoms with Crippen LogP contribution >= 0.6 is 11.3 Å². The predicted octanol–water partition coefficient (Wildman–Crippen LogP) is 2.48. The summed E-state index contributed by atoms with van der Waals surface area (Å²) in [6.45, 7) is 5.80. The number of thiazole rings is 1. The summed E-state index contributed by atoms with van der Waals surface area (Å²) in [5, 5.41) is 5.35. The maximum atomic E-state index is 12.5. The van der Waals surface area contributed by atoms with E-state index < -0.39 is 0 Å². The minimum absolute atomic E-state index is 0.0196. The number of aryl methyl sites for hydroxylation is 1. The predicted molar refractivity (Wildman–Crippen MR) is 95.6 cm³/mol. The quantitative estimate of drug-likeness (QED) is 0.734. The van der Waals surface area contributed by atoms with Crippen LogP contribution in [0.5, 0.6) is 0 Å². The molecule has 2 aromatic heterocycles. The van der Waals surface area contributed by atoms with Gasteiger partial charge in [0.05, 0.1) is 10.2 Å². The van der Waals surface area contributed by atoms with Crippen LogP contribution in [0.2, 0.25) is 0 Å². The lowest BCUT2D eigenvalue weighted by Crippen LogP contribution is -2.48. The first-order valence-corrected chi connectivity index (χ1v) is 8.99. The average molecular weight is 341 g/mol. The van der Waals surface area contributed by atoms with E-state index in [-0.39, 0.29) is 5.91 Å². The van der Waals surface area contributed by atoms with Gasteiger partial charge in [-0.15, -0.1) is 0 Å². The van der Waals surface area contributed by atoms with Gasteiger partial charge >= 0.3 is 0 Å². The van der Waals surface area contributed by atoms with Crippen molar-refractivity contribution in [2.45, 2.75) is 13.5 Å². The SMILES string of the molecule is CCn1ccc(C(=O)N2CCN(c3nc4ccccc4s3)CC2)n1. The van der Waals surface area contributed by atoms with E-state index in [1.54, 1.807) is 22.1 Å². The molecule has 3 aromatic rings. The molecule has 0 atom stereocenters. The number of rotatable bonds is 3. The van der Waals surface area contributed by atoms with Gasteiger partial charge in [0.25, 0.3) is 5.91 Å². The number of benzene rings is 1. The molecule has 1 saturated heterocycles. The molecule has 0 spiro atoms. The topological polar surface area (TPSA) is 54.3 Å². The van der Waals surface area contributed by atoms with Gasteiger partial charge in [0.1, 0.15) is 5.69 Å². The third kappa shape index (κ3) is 2.75. The van der Waals surface area contributed by atoms with E-state index in [1.807, 2.05) is 36.2 Å². The number of piperazine rings is 1. The van der Waals surface area contributed by atoms with Crippen LogP contribution in [-0.4, -0.2) is 51.8 Å². The lowest BCUT2D eigenvalue weighted by Gasteiger charge is -2.34. The Balaban J connectivity index is 1.43. The van der Waals surface area contributed by atoms with Crippen molar-refractivity contribution in [3.63, 3.8) is 0 Å². The van der Waals surface area contributed by atoms with E-state index in [9.17, 15) is 4.79 Å². The molecular formula is C17H19N5OS. The van der Waals surface area contributed by atoms with Crippen LogP contribution < -0.4 is 4.90 Å². The molecule has 0 radical (unpaired) electrons. The second-order valence-electron chi connectivity index (χ2n) is 5.80. The van der Waals surface area contributed by atoms with Gasteiger partial charge in [-0.25, -0.2) is 4.98 Å². The molecular weight excluding hydrogens is 322 g/mol. The van der Waals surface area contributed by atoms with Crippen molar-refractivity contribution < 1.29 is 4.79 Å². The molecule has 1 amide bonds. The van der Waals surface area contributed by atoms with E-state index >= 15 is 0 Å². The Morgan fingerprint density at radius 3 is 2.67 bits per heavy atom. The molecule has 0 N–H and O–H groups in total. The molecule has 0 unspecified atom stereocenters. The molecule has 0 aliphatic carbocycles. The first-order chi connectivity index (χ1) is 11.7. The first-order valence-electron chi connectivity index (χ1n) is 8.18. The molecule has 24 heavy (non-hydrogen) atoms. The Morgan fingerprint density at radius 1 is 1.17 bits per heavy atom. The molecule has 1 aromatic carbocycles. The zero-order valence-corrected chi connectivity index (χ0v) is 14.4. The Morgan fingerprint density at radius 2 is 1.96 bits per heavy atom. The Hall–Kier alpha value is -2.41. The van der Waals surface area contributed by atoms with Crippen LogP contribution in [0, 0.1) is 0 Å². The van der Waals surface area contributed by atoms with Gasteiger partial charge in [0.2, 0.25) is 0 Å². The van der Waals surface area contributed by atoms with E-state index in [0.29, 0.717) is 18.8 Å². The zero-order chi connectivity index (χ0) is 16.5. The third-order valence-electron chi connectivity index (χ3n) is 4.30. The summed E-state index contributed by atoms with van der Waals surface area (Å²) in [7, 11) is 0. The highest BCUT2D eigenvalue weighted by molar-refractivity contribution is 7.22. The van der Waals surface area contributed by atoms with Crippen LogP contribution in [0.25, 0.3) is 10.2 Å². The molecule has 1 aliphatic rings. The maximum absolute atomic E-state index is 12.5. The van der Waals surface area contributed by atoms with Gasteiger partial charge in [-0.05, 0) is 25.1 Å². The second-order valence-corrected chi connectivity index (χ2v) is 6.81. The van der Waals surface area contributed by atoms with Crippen molar-refractivity contribution in [2.24, 2.45) is 0 Å². The first kappa shape index (κ1) is 15.1. The summed E-state index contributed by atoms with van der Waals surface area (Å²) in [5.41, 5.74) is 1.58. The van der Waals surface area contributed by atoms with Crippen LogP contribution in [-0.2, 0) is 6.54 Å². The minimum atomic E-state index is 0.0196. The van der Waals surface area contributed by atoms with Gasteiger partial charge in [-0.2, -0.15) is 5.10 Å². The zero-order valence-electron chi connectivity index (χ0n) is 13.6. The fourth-order valence-corrected chi connectivity index (χ4v) is 3.93. The van der Waals surface area contributed by atoms with Crippen LogP contribution in [0.15, 0.2) is 36.5 Å². The van der Waals surface area contributed by atoms with Crippen molar-refractivity contribution in [1.82, 2.24) is 19.7 Å². The van der Waals surface area contributed by atoms with Gasteiger partial charge in [-0.1, -0.05) is 23.5 Å². The highest BCUT2D eigenvalue weighted by atomic mass is 32.1. The van der Waals surface area contributed by atoms with Crippen LogP contribution in [0.1, 0.15) is 17.4 Å². The summed E-state index contributed by atoms with van der Waals surface area (Å²) in [5.74, 6) is 0.0196. The fourth-order valence-electron chi connectivity index (χ4n) is 2.91. The lowest BCUT2D eigenvalue weighted by atomic mass is 10.3. The van der Waals surface area contributed by atoms with E-state index in [1.165, 1.54) is 4.70 Å². The summed E-state index contributed by atoms with van der Waals surface area (Å²) in [6.07, 6.45) is 1.85. The molecule has 1 aliphatic heterocycles. The smallest absolute Gasteiger partial charge is 0.274 e. The van der Waals surface area contributed by atoms with Gasteiger partial charge in [0.15, 0.2) is 5.13 Å². The van der Waals surface area contributed by atoms with Crippen molar-refractivity contribution >= 4 is 32.6 Å². The number of amides is 1. The molecule has 124 valence electrons. The molecule has 7 heteroatoms. The Bertz CT molecular complexity index is 830. The maximum Gasteiger partial charge on any atom is 0.274 e. The largest absolute Gasteiger partial charge is 0.345 e. The number of hydrogen-bond acceptors (Lipinski definition) is 5. The third-order valence-corrected chi connectivity index (χ3v) is 5.40. The Kier molecular flexibility index (Phi) is 3.93. The van der Waals surface area contributed by atoms with Gasteiger partial charge < -0.3 is 9.80 Å². The van der Waals surface area contributed by atoms with Crippen molar-refractivity contribution in [3.8, 4) is 0 Å². The average Bonchev–Trinajstić information content (AvgIpc) is 3.28. The molecule has 1 fully saturated rings. The van der Waals surface area contributed by atoms with Crippen molar-refractivity contribution in [1.29, 1.82) is 0 Å². The normalized spacial score (nSPS) is 15.2. The van der Waals surface area contributed by atoms with Crippen molar-refractivity contribution in [2.75, 3.05) is 31.1 Å². The van der Waals surface area contributed by atoms with Gasteiger partial charge in [0, 0.05) is 38.9 Å². The molecule has 6 nitrogen and oxygen atoms in total. The summed E-state index contributed by atoms with van der Waals surface area (Å²) in [4.78, 5) is 21.4. The molecule has 3 heterocycles.